The quantitative estimate of drug-likeness (QED) is 0.690. The lowest BCUT2D eigenvalue weighted by molar-refractivity contribution is -0.122. The fourth-order valence-electron chi connectivity index (χ4n) is 4.23. The van der Waals surface area contributed by atoms with Gasteiger partial charge < -0.3 is 15.2 Å². The number of nitrogens with zero attached hydrogens (tertiary/aromatic N) is 2. The van der Waals surface area contributed by atoms with E-state index in [1.54, 1.807) is 29.2 Å². The van der Waals surface area contributed by atoms with Gasteiger partial charge in [0.05, 0.1) is 17.8 Å². The molecule has 2 N–H and O–H groups in total. The summed E-state index contributed by atoms with van der Waals surface area (Å²) in [4.78, 5) is 39.9. The zero-order valence-electron chi connectivity index (χ0n) is 17.4. The molecular weight excluding hydrogens is 434 g/mol. The predicted molar refractivity (Wildman–Crippen MR) is 119 cm³/mol. The minimum absolute atomic E-state index is 0.00974. The topological polar surface area (TPSA) is 99.2 Å². The molecule has 4 rings (SSSR count). The average molecular weight is 458 g/mol. The first-order valence-electron chi connectivity index (χ1n) is 10.5. The first kappa shape index (κ1) is 22.1. The van der Waals surface area contributed by atoms with Gasteiger partial charge in [0, 0.05) is 36.3 Å². The number of carboxylic acid groups (broad SMARTS) is 1. The van der Waals surface area contributed by atoms with Crippen molar-refractivity contribution < 1.29 is 24.2 Å². The van der Waals surface area contributed by atoms with Crippen LogP contribution in [0.5, 0.6) is 0 Å². The molecule has 168 valence electrons. The Morgan fingerprint density at radius 1 is 1.16 bits per heavy atom. The molecule has 0 spiro atoms. The van der Waals surface area contributed by atoms with Crippen molar-refractivity contribution in [2.75, 3.05) is 24.5 Å². The normalized spacial score (nSPS) is 16.9. The molecular formula is C23H24ClN3O5. The van der Waals surface area contributed by atoms with E-state index in [-0.39, 0.29) is 43.3 Å². The number of rotatable bonds is 6. The number of likely N-dealkylation sites (tertiary alicyclic amines) is 1. The van der Waals surface area contributed by atoms with Crippen molar-refractivity contribution in [3.05, 3.63) is 64.2 Å². The van der Waals surface area contributed by atoms with Crippen LogP contribution in [0.3, 0.4) is 0 Å². The molecule has 9 heteroatoms. The van der Waals surface area contributed by atoms with Crippen molar-refractivity contribution in [1.82, 2.24) is 10.2 Å². The Kier molecular flexibility index (Phi) is 6.62. The number of carboxylic acids is 1. The van der Waals surface area contributed by atoms with E-state index in [0.717, 1.165) is 11.3 Å². The maximum atomic E-state index is 12.4. The summed E-state index contributed by atoms with van der Waals surface area (Å²) in [5.41, 5.74) is 2.47. The van der Waals surface area contributed by atoms with Gasteiger partial charge in [0.2, 0.25) is 5.91 Å². The second kappa shape index (κ2) is 9.58. The third-order valence-corrected chi connectivity index (χ3v) is 6.10. The second-order valence-electron chi connectivity index (χ2n) is 7.94. The SMILES string of the molecule is O=C(CN1CCC(N2C(=O)OCc3cc(Cl)ccc32)CC1)NCc1ccccc1C(=O)O. The zero-order valence-corrected chi connectivity index (χ0v) is 18.2. The van der Waals surface area contributed by atoms with Crippen LogP contribution < -0.4 is 10.2 Å². The lowest BCUT2D eigenvalue weighted by atomic mass is 10.0. The lowest BCUT2D eigenvalue weighted by Crippen LogP contribution is -2.50. The predicted octanol–water partition coefficient (Wildman–Crippen LogP) is 3.28. The summed E-state index contributed by atoms with van der Waals surface area (Å²) in [5, 5.41) is 12.7. The average Bonchev–Trinajstić information content (AvgIpc) is 2.78. The minimum Gasteiger partial charge on any atom is -0.478 e. The van der Waals surface area contributed by atoms with E-state index in [4.69, 9.17) is 16.3 Å². The summed E-state index contributed by atoms with van der Waals surface area (Å²) in [6.07, 6.45) is 1.08. The van der Waals surface area contributed by atoms with Gasteiger partial charge >= 0.3 is 12.1 Å². The number of cyclic esters (lactones) is 1. The van der Waals surface area contributed by atoms with Crippen LogP contribution in [-0.4, -0.2) is 53.7 Å². The molecule has 1 saturated heterocycles. The molecule has 2 aliphatic rings. The molecule has 0 aliphatic carbocycles. The molecule has 2 aromatic carbocycles. The van der Waals surface area contributed by atoms with Gasteiger partial charge in [-0.3, -0.25) is 14.6 Å². The van der Waals surface area contributed by atoms with E-state index >= 15 is 0 Å². The zero-order chi connectivity index (χ0) is 22.7. The van der Waals surface area contributed by atoms with Crippen LogP contribution >= 0.6 is 11.6 Å². The molecule has 0 bridgehead atoms. The number of halogens is 1. The van der Waals surface area contributed by atoms with Crippen molar-refractivity contribution in [1.29, 1.82) is 0 Å². The number of nitrogens with one attached hydrogen (secondary N) is 1. The Labute approximate surface area is 190 Å². The van der Waals surface area contributed by atoms with E-state index < -0.39 is 5.97 Å². The molecule has 0 saturated carbocycles. The number of carbonyl (C=O) groups is 3. The molecule has 0 unspecified atom stereocenters. The smallest absolute Gasteiger partial charge is 0.414 e. The Hall–Kier alpha value is -3.10. The van der Waals surface area contributed by atoms with Gasteiger partial charge in [-0.15, -0.1) is 0 Å². The van der Waals surface area contributed by atoms with E-state index in [9.17, 15) is 19.5 Å². The van der Waals surface area contributed by atoms with Crippen LogP contribution in [-0.2, 0) is 22.7 Å². The summed E-state index contributed by atoms with van der Waals surface area (Å²) in [7, 11) is 0. The summed E-state index contributed by atoms with van der Waals surface area (Å²) in [6.45, 7) is 1.93. The summed E-state index contributed by atoms with van der Waals surface area (Å²) in [5.74, 6) is -1.18. The van der Waals surface area contributed by atoms with Crippen LogP contribution in [0, 0.1) is 0 Å². The monoisotopic (exact) mass is 457 g/mol. The lowest BCUT2D eigenvalue weighted by Gasteiger charge is -2.40. The number of fused-ring (bicyclic) bond motifs is 1. The van der Waals surface area contributed by atoms with Crippen LogP contribution in [0.4, 0.5) is 10.5 Å². The highest BCUT2D eigenvalue weighted by Crippen LogP contribution is 2.33. The highest BCUT2D eigenvalue weighted by Gasteiger charge is 2.34. The fourth-order valence-corrected chi connectivity index (χ4v) is 4.42. The largest absolute Gasteiger partial charge is 0.478 e. The Balaban J connectivity index is 1.31. The van der Waals surface area contributed by atoms with E-state index in [1.807, 2.05) is 17.0 Å². The summed E-state index contributed by atoms with van der Waals surface area (Å²) < 4.78 is 5.33. The van der Waals surface area contributed by atoms with E-state index in [0.29, 0.717) is 36.5 Å². The van der Waals surface area contributed by atoms with Gasteiger partial charge in [-0.1, -0.05) is 29.8 Å². The number of piperidine rings is 1. The van der Waals surface area contributed by atoms with Crippen molar-refractivity contribution >= 4 is 35.3 Å². The van der Waals surface area contributed by atoms with Crippen molar-refractivity contribution in [3.8, 4) is 0 Å². The summed E-state index contributed by atoms with van der Waals surface area (Å²) >= 11 is 6.07. The van der Waals surface area contributed by atoms with Gasteiger partial charge in [-0.05, 0) is 42.7 Å². The Bertz CT molecular complexity index is 1040. The van der Waals surface area contributed by atoms with E-state index in [2.05, 4.69) is 5.32 Å². The minimum atomic E-state index is -1.02. The standard InChI is InChI=1S/C23H24ClN3O5/c24-17-5-6-20-16(11-17)14-32-23(31)27(20)18-7-9-26(10-8-18)13-21(28)25-12-15-3-1-2-4-19(15)22(29)30/h1-6,11,18H,7-10,12-14H2,(H,25,28)(H,29,30). The molecule has 2 aromatic rings. The van der Waals surface area contributed by atoms with Crippen LogP contribution in [0.15, 0.2) is 42.5 Å². The molecule has 1 fully saturated rings. The maximum Gasteiger partial charge on any atom is 0.414 e. The van der Waals surface area contributed by atoms with Crippen molar-refractivity contribution in [2.24, 2.45) is 0 Å². The first-order chi connectivity index (χ1) is 15.4. The Morgan fingerprint density at radius 2 is 1.91 bits per heavy atom. The number of amides is 2. The maximum absolute atomic E-state index is 12.4. The van der Waals surface area contributed by atoms with Gasteiger partial charge in [-0.25, -0.2) is 9.59 Å². The highest BCUT2D eigenvalue weighted by atomic mass is 35.5. The molecule has 32 heavy (non-hydrogen) atoms. The van der Waals surface area contributed by atoms with Crippen molar-refractivity contribution in [3.63, 3.8) is 0 Å². The number of carbonyl (C=O) groups excluding carboxylic acids is 2. The molecule has 2 heterocycles. The Morgan fingerprint density at radius 3 is 2.66 bits per heavy atom. The molecule has 0 aromatic heterocycles. The first-order valence-corrected chi connectivity index (χ1v) is 10.8. The van der Waals surface area contributed by atoms with Gasteiger partial charge in [0.15, 0.2) is 0 Å². The number of hydrogen-bond acceptors (Lipinski definition) is 5. The van der Waals surface area contributed by atoms with Gasteiger partial charge in [-0.2, -0.15) is 0 Å². The highest BCUT2D eigenvalue weighted by molar-refractivity contribution is 6.30. The van der Waals surface area contributed by atoms with E-state index in [1.165, 1.54) is 6.07 Å². The number of ether oxygens (including phenoxy) is 1. The molecule has 0 atom stereocenters. The fraction of sp³-hybridized carbons (Fsp3) is 0.348. The van der Waals surface area contributed by atoms with Crippen LogP contribution in [0.1, 0.15) is 34.3 Å². The summed E-state index contributed by atoms with van der Waals surface area (Å²) in [6, 6.07) is 12.0. The molecule has 2 aliphatic heterocycles. The molecule has 8 nitrogen and oxygen atoms in total. The van der Waals surface area contributed by atoms with Crippen LogP contribution in [0.2, 0.25) is 5.02 Å². The van der Waals surface area contributed by atoms with Crippen molar-refractivity contribution in [2.45, 2.75) is 32.0 Å². The van der Waals surface area contributed by atoms with Gasteiger partial charge in [0.1, 0.15) is 6.61 Å². The number of hydrogen-bond donors (Lipinski definition) is 2. The number of aromatic carboxylic acids is 1. The third-order valence-electron chi connectivity index (χ3n) is 5.86. The number of benzene rings is 2. The van der Waals surface area contributed by atoms with Crippen LogP contribution in [0.25, 0.3) is 0 Å². The second-order valence-corrected chi connectivity index (χ2v) is 8.38. The van der Waals surface area contributed by atoms with Gasteiger partial charge in [0.25, 0.3) is 0 Å². The molecule has 0 radical (unpaired) electrons. The third kappa shape index (κ3) is 4.87. The number of anilines is 1. The molecule has 2 amide bonds.